The van der Waals surface area contributed by atoms with Gasteiger partial charge in [-0.1, -0.05) is 26.0 Å². The molecule has 0 aromatic heterocycles. The Labute approximate surface area is 200 Å². The molecule has 2 aliphatic heterocycles. The van der Waals surface area contributed by atoms with Crippen molar-refractivity contribution in [2.24, 2.45) is 0 Å². The van der Waals surface area contributed by atoms with Crippen molar-refractivity contribution in [3.05, 3.63) is 64.7 Å². The largest absolute Gasteiger partial charge is 0.508 e. The summed E-state index contributed by atoms with van der Waals surface area (Å²) >= 11 is 0. The van der Waals surface area contributed by atoms with E-state index in [9.17, 15) is 19.8 Å². The number of aliphatic hydroxyl groups is 1. The van der Waals surface area contributed by atoms with E-state index in [0.29, 0.717) is 24.1 Å². The van der Waals surface area contributed by atoms with E-state index in [-0.39, 0.29) is 23.2 Å². The standard InChI is InChI=1S/C27H32N2O5/c1-4-28(5-2)13-6-14-29-24(18-7-10-21(30)11-8-18)23(26(32)27(29)33)25(31)19-9-12-22-20(16-19)15-17(3)34-22/h7-12,16-17,24,30-31H,4-6,13-15H2,1-3H3/t17-,24+/m0/s1. The topological polar surface area (TPSA) is 90.3 Å². The molecule has 1 amide bonds. The minimum atomic E-state index is -0.722. The van der Waals surface area contributed by atoms with Crippen molar-refractivity contribution in [3.8, 4) is 11.5 Å². The first-order chi connectivity index (χ1) is 16.3. The number of fused-ring (bicyclic) bond motifs is 1. The van der Waals surface area contributed by atoms with Crippen LogP contribution in [0.3, 0.4) is 0 Å². The van der Waals surface area contributed by atoms with Crippen LogP contribution in [0, 0.1) is 0 Å². The van der Waals surface area contributed by atoms with E-state index < -0.39 is 17.7 Å². The average molecular weight is 465 g/mol. The Hall–Kier alpha value is -3.32. The summed E-state index contributed by atoms with van der Waals surface area (Å²) < 4.78 is 5.75. The maximum absolute atomic E-state index is 13.2. The number of ether oxygens (including phenoxy) is 1. The monoisotopic (exact) mass is 464 g/mol. The molecule has 1 saturated heterocycles. The lowest BCUT2D eigenvalue weighted by molar-refractivity contribution is -0.140. The number of nitrogens with zero attached hydrogens (tertiary/aromatic N) is 2. The van der Waals surface area contributed by atoms with Crippen molar-refractivity contribution in [1.29, 1.82) is 0 Å². The minimum absolute atomic E-state index is 0.0563. The Bertz CT molecular complexity index is 1100. The van der Waals surface area contributed by atoms with Gasteiger partial charge < -0.3 is 24.7 Å². The first-order valence-electron chi connectivity index (χ1n) is 11.9. The number of Topliss-reactive ketones (excluding diaryl/α,β-unsaturated/α-hetero) is 1. The minimum Gasteiger partial charge on any atom is -0.508 e. The fraction of sp³-hybridized carbons (Fsp3) is 0.407. The number of likely N-dealkylation sites (tertiary alicyclic amines) is 1. The smallest absolute Gasteiger partial charge is 0.295 e. The number of aromatic hydroxyl groups is 1. The van der Waals surface area contributed by atoms with Gasteiger partial charge in [0.1, 0.15) is 23.4 Å². The van der Waals surface area contributed by atoms with Crippen molar-refractivity contribution in [2.75, 3.05) is 26.2 Å². The molecule has 2 aliphatic rings. The molecule has 2 aromatic rings. The second-order valence-electron chi connectivity index (χ2n) is 8.92. The molecule has 0 radical (unpaired) electrons. The van der Waals surface area contributed by atoms with E-state index in [0.717, 1.165) is 37.4 Å². The van der Waals surface area contributed by atoms with Crippen LogP contribution in [0.4, 0.5) is 0 Å². The molecule has 2 atom stereocenters. The molecule has 0 aliphatic carbocycles. The summed E-state index contributed by atoms with van der Waals surface area (Å²) in [6, 6.07) is 11.1. The van der Waals surface area contributed by atoms with E-state index in [1.807, 2.05) is 13.0 Å². The van der Waals surface area contributed by atoms with Gasteiger partial charge in [-0.2, -0.15) is 0 Å². The zero-order valence-electron chi connectivity index (χ0n) is 20.0. The molecule has 2 N–H and O–H groups in total. The number of hydrogen-bond acceptors (Lipinski definition) is 6. The number of carbonyl (C=O) groups is 2. The predicted octanol–water partition coefficient (Wildman–Crippen LogP) is 3.87. The van der Waals surface area contributed by atoms with Crippen LogP contribution in [0.25, 0.3) is 5.76 Å². The van der Waals surface area contributed by atoms with Crippen molar-refractivity contribution < 1.29 is 24.5 Å². The summed E-state index contributed by atoms with van der Waals surface area (Å²) in [6.07, 6.45) is 1.48. The Morgan fingerprint density at radius 3 is 2.50 bits per heavy atom. The molecule has 0 spiro atoms. The van der Waals surface area contributed by atoms with Crippen molar-refractivity contribution in [3.63, 3.8) is 0 Å². The van der Waals surface area contributed by atoms with Gasteiger partial charge in [-0.05, 0) is 74.4 Å². The number of phenols is 1. The van der Waals surface area contributed by atoms with E-state index in [1.165, 1.54) is 12.1 Å². The third-order valence-corrected chi connectivity index (χ3v) is 6.69. The molecule has 4 rings (SSSR count). The maximum atomic E-state index is 13.2. The summed E-state index contributed by atoms with van der Waals surface area (Å²) in [7, 11) is 0. The summed E-state index contributed by atoms with van der Waals surface area (Å²) in [5.74, 6) is -0.628. The normalized spacial score (nSPS) is 21.2. The van der Waals surface area contributed by atoms with Gasteiger partial charge in [0, 0.05) is 18.5 Å². The van der Waals surface area contributed by atoms with Crippen LogP contribution in [0.5, 0.6) is 11.5 Å². The zero-order chi connectivity index (χ0) is 24.4. The van der Waals surface area contributed by atoms with Crippen LogP contribution in [-0.2, 0) is 16.0 Å². The number of ketones is 1. The number of aliphatic hydroxyl groups excluding tert-OH is 1. The number of amides is 1. The van der Waals surface area contributed by atoms with E-state index in [4.69, 9.17) is 4.74 Å². The molecular weight excluding hydrogens is 432 g/mol. The quantitative estimate of drug-likeness (QED) is 0.350. The Balaban J connectivity index is 1.72. The fourth-order valence-electron chi connectivity index (χ4n) is 4.84. The Morgan fingerprint density at radius 2 is 1.82 bits per heavy atom. The van der Waals surface area contributed by atoms with E-state index in [1.54, 1.807) is 29.2 Å². The summed E-state index contributed by atoms with van der Waals surface area (Å²) in [4.78, 5) is 30.1. The Kier molecular flexibility index (Phi) is 6.93. The lowest BCUT2D eigenvalue weighted by Gasteiger charge is -2.26. The van der Waals surface area contributed by atoms with Crippen LogP contribution >= 0.6 is 0 Å². The molecule has 34 heavy (non-hydrogen) atoms. The van der Waals surface area contributed by atoms with Gasteiger partial charge in [-0.15, -0.1) is 0 Å². The highest BCUT2D eigenvalue weighted by atomic mass is 16.5. The third kappa shape index (κ3) is 4.53. The third-order valence-electron chi connectivity index (χ3n) is 6.69. The van der Waals surface area contributed by atoms with Crippen LogP contribution in [-0.4, -0.2) is 64.0 Å². The first kappa shape index (κ1) is 23.8. The molecule has 0 saturated carbocycles. The second kappa shape index (κ2) is 9.89. The van der Waals surface area contributed by atoms with Crippen molar-refractivity contribution >= 4 is 17.4 Å². The van der Waals surface area contributed by atoms with Gasteiger partial charge in [-0.25, -0.2) is 0 Å². The van der Waals surface area contributed by atoms with Crippen LogP contribution < -0.4 is 4.74 Å². The average Bonchev–Trinajstić information content (AvgIpc) is 3.32. The SMILES string of the molecule is CCN(CC)CCCN1C(=O)C(=O)C(=C(O)c2ccc3c(c2)C[C@H](C)O3)[C@H]1c1ccc(O)cc1. The molecule has 1 fully saturated rings. The summed E-state index contributed by atoms with van der Waals surface area (Å²) in [5.41, 5.74) is 2.19. The molecule has 0 unspecified atom stereocenters. The lowest BCUT2D eigenvalue weighted by atomic mass is 9.94. The second-order valence-corrected chi connectivity index (χ2v) is 8.92. The van der Waals surface area contributed by atoms with Crippen molar-refractivity contribution in [2.45, 2.75) is 45.8 Å². The van der Waals surface area contributed by atoms with Crippen LogP contribution in [0.15, 0.2) is 48.0 Å². The number of hydrogen-bond donors (Lipinski definition) is 2. The fourth-order valence-corrected chi connectivity index (χ4v) is 4.84. The van der Waals surface area contributed by atoms with Gasteiger partial charge in [0.15, 0.2) is 0 Å². The molecule has 2 heterocycles. The lowest BCUT2D eigenvalue weighted by Crippen LogP contribution is -2.33. The van der Waals surface area contributed by atoms with E-state index >= 15 is 0 Å². The molecule has 0 bridgehead atoms. The molecule has 2 aromatic carbocycles. The highest BCUT2D eigenvalue weighted by molar-refractivity contribution is 6.46. The van der Waals surface area contributed by atoms with Gasteiger partial charge in [0.25, 0.3) is 11.7 Å². The van der Waals surface area contributed by atoms with Crippen LogP contribution in [0.1, 0.15) is 49.9 Å². The Morgan fingerprint density at radius 1 is 1.12 bits per heavy atom. The van der Waals surface area contributed by atoms with E-state index in [2.05, 4.69) is 18.7 Å². The first-order valence-corrected chi connectivity index (χ1v) is 11.9. The predicted molar refractivity (Wildman–Crippen MR) is 130 cm³/mol. The maximum Gasteiger partial charge on any atom is 0.295 e. The van der Waals surface area contributed by atoms with Gasteiger partial charge >= 0.3 is 0 Å². The van der Waals surface area contributed by atoms with Gasteiger partial charge in [0.2, 0.25) is 0 Å². The van der Waals surface area contributed by atoms with Crippen LogP contribution in [0.2, 0.25) is 0 Å². The van der Waals surface area contributed by atoms with Gasteiger partial charge in [-0.3, -0.25) is 9.59 Å². The summed E-state index contributed by atoms with van der Waals surface area (Å²) in [5, 5.41) is 21.0. The zero-order valence-corrected chi connectivity index (χ0v) is 20.0. The van der Waals surface area contributed by atoms with Crippen molar-refractivity contribution in [1.82, 2.24) is 9.80 Å². The molecule has 7 nitrogen and oxygen atoms in total. The number of carbonyl (C=O) groups excluding carboxylic acids is 2. The highest BCUT2D eigenvalue weighted by Gasteiger charge is 2.45. The highest BCUT2D eigenvalue weighted by Crippen LogP contribution is 2.41. The molecule has 180 valence electrons. The number of phenolic OH excluding ortho intramolecular Hbond substituents is 1. The molecular formula is C27H32N2O5. The number of rotatable bonds is 8. The van der Waals surface area contributed by atoms with Gasteiger partial charge in [0.05, 0.1) is 11.6 Å². The molecule has 7 heteroatoms. The summed E-state index contributed by atoms with van der Waals surface area (Å²) in [6.45, 7) is 9.19. The number of benzene rings is 2.